The first kappa shape index (κ1) is 14.2. The van der Waals surface area contributed by atoms with Crippen molar-refractivity contribution in [2.45, 2.75) is 4.90 Å². The van der Waals surface area contributed by atoms with Gasteiger partial charge in [0.15, 0.2) is 0 Å². The fraction of sp³-hybridized carbons (Fsp3) is 0.0714. The Hall–Kier alpha value is -1.21. The van der Waals surface area contributed by atoms with Gasteiger partial charge < -0.3 is 5.32 Å². The maximum absolute atomic E-state index is 12.0. The van der Waals surface area contributed by atoms with Crippen LogP contribution in [0, 0.1) is 3.57 Å². The highest BCUT2D eigenvalue weighted by Gasteiger charge is 2.07. The molecule has 1 N–H and O–H groups in total. The quantitative estimate of drug-likeness (QED) is 0.825. The molecule has 0 saturated carbocycles. The molecule has 0 saturated heterocycles. The number of amides is 1. The molecule has 19 heavy (non-hydrogen) atoms. The zero-order valence-corrected chi connectivity index (χ0v) is 13.2. The largest absolute Gasteiger partial charge is 0.322 e. The fourth-order valence-corrected chi connectivity index (χ4v) is 2.63. The van der Waals surface area contributed by atoms with E-state index in [1.165, 1.54) is 0 Å². The summed E-state index contributed by atoms with van der Waals surface area (Å²) >= 11 is 2.19. The van der Waals surface area contributed by atoms with Crippen molar-refractivity contribution in [1.82, 2.24) is 0 Å². The number of hydrogen-bond acceptors (Lipinski definition) is 2. The van der Waals surface area contributed by atoms with Gasteiger partial charge in [-0.2, -0.15) is 0 Å². The minimum atomic E-state index is -1.02. The van der Waals surface area contributed by atoms with Gasteiger partial charge in [0.05, 0.1) is 0 Å². The van der Waals surface area contributed by atoms with Crippen LogP contribution in [0.15, 0.2) is 53.4 Å². The van der Waals surface area contributed by atoms with Crippen molar-refractivity contribution in [1.29, 1.82) is 0 Å². The molecule has 5 heteroatoms. The van der Waals surface area contributed by atoms with Gasteiger partial charge in [-0.1, -0.05) is 6.07 Å². The van der Waals surface area contributed by atoms with Gasteiger partial charge in [0, 0.05) is 36.8 Å². The van der Waals surface area contributed by atoms with Crippen molar-refractivity contribution in [3.63, 3.8) is 0 Å². The first-order chi connectivity index (χ1) is 9.06. The van der Waals surface area contributed by atoms with E-state index >= 15 is 0 Å². The van der Waals surface area contributed by atoms with E-state index in [0.29, 0.717) is 10.5 Å². The minimum absolute atomic E-state index is 0.171. The number of halogens is 1. The third-order valence-electron chi connectivity index (χ3n) is 2.53. The fourth-order valence-electron chi connectivity index (χ4n) is 1.57. The number of rotatable bonds is 3. The normalized spacial score (nSPS) is 11.9. The lowest BCUT2D eigenvalue weighted by Crippen LogP contribution is -2.11. The Labute approximate surface area is 128 Å². The molecule has 0 bridgehead atoms. The van der Waals surface area contributed by atoms with E-state index in [1.807, 2.05) is 24.3 Å². The summed E-state index contributed by atoms with van der Waals surface area (Å²) in [7, 11) is -1.02. The van der Waals surface area contributed by atoms with E-state index in [1.54, 1.807) is 30.5 Å². The molecule has 0 heterocycles. The molecular weight excluding hydrogens is 373 g/mol. The van der Waals surface area contributed by atoms with E-state index in [4.69, 9.17) is 0 Å². The highest BCUT2D eigenvalue weighted by atomic mass is 127. The van der Waals surface area contributed by atoms with Crippen molar-refractivity contribution in [3.8, 4) is 0 Å². The Kier molecular flexibility index (Phi) is 4.71. The molecule has 3 nitrogen and oxygen atoms in total. The van der Waals surface area contributed by atoms with Crippen LogP contribution >= 0.6 is 22.6 Å². The predicted molar refractivity (Wildman–Crippen MR) is 85.9 cm³/mol. The SMILES string of the molecule is CS(=O)c1ccc(C(=O)Nc2cccc(I)c2)cc1. The summed E-state index contributed by atoms with van der Waals surface area (Å²) in [5, 5.41) is 2.83. The number of carbonyl (C=O) groups excluding carboxylic acids is 1. The minimum Gasteiger partial charge on any atom is -0.322 e. The molecule has 98 valence electrons. The summed E-state index contributed by atoms with van der Waals surface area (Å²) < 4.78 is 12.3. The second-order valence-electron chi connectivity index (χ2n) is 3.94. The number of benzene rings is 2. The van der Waals surface area contributed by atoms with Crippen molar-refractivity contribution in [2.24, 2.45) is 0 Å². The van der Waals surface area contributed by atoms with Crippen molar-refractivity contribution in [3.05, 3.63) is 57.7 Å². The number of carbonyl (C=O) groups is 1. The Morgan fingerprint density at radius 2 is 1.84 bits per heavy atom. The lowest BCUT2D eigenvalue weighted by molar-refractivity contribution is 0.102. The van der Waals surface area contributed by atoms with Crippen LogP contribution in [0.25, 0.3) is 0 Å². The monoisotopic (exact) mass is 385 g/mol. The summed E-state index contributed by atoms with van der Waals surface area (Å²) in [6, 6.07) is 14.4. The molecule has 0 aliphatic carbocycles. The van der Waals surface area contributed by atoms with Crippen LogP contribution in [-0.4, -0.2) is 16.4 Å². The molecular formula is C14H12INO2S. The second-order valence-corrected chi connectivity index (χ2v) is 6.57. The number of hydrogen-bond donors (Lipinski definition) is 1. The first-order valence-electron chi connectivity index (χ1n) is 5.56. The highest BCUT2D eigenvalue weighted by Crippen LogP contribution is 2.14. The molecule has 0 aromatic heterocycles. The van der Waals surface area contributed by atoms with Crippen molar-refractivity contribution < 1.29 is 9.00 Å². The average Bonchev–Trinajstić information content (AvgIpc) is 2.39. The van der Waals surface area contributed by atoms with E-state index in [0.717, 1.165) is 9.26 Å². The third kappa shape index (κ3) is 3.87. The summed E-state index contributed by atoms with van der Waals surface area (Å²) in [4.78, 5) is 12.7. The molecule has 2 rings (SSSR count). The van der Waals surface area contributed by atoms with Gasteiger partial charge in [0.1, 0.15) is 0 Å². The second kappa shape index (κ2) is 6.29. The first-order valence-corrected chi connectivity index (χ1v) is 8.20. The van der Waals surface area contributed by atoms with Crippen LogP contribution in [0.1, 0.15) is 10.4 Å². The maximum atomic E-state index is 12.0. The summed E-state index contributed by atoms with van der Waals surface area (Å²) in [6.45, 7) is 0. The summed E-state index contributed by atoms with van der Waals surface area (Å²) in [5.74, 6) is -0.171. The van der Waals surface area contributed by atoms with E-state index < -0.39 is 10.8 Å². The van der Waals surface area contributed by atoms with Crippen LogP contribution in [0.4, 0.5) is 5.69 Å². The van der Waals surface area contributed by atoms with Crippen LogP contribution in [0.5, 0.6) is 0 Å². The van der Waals surface area contributed by atoms with Crippen LogP contribution < -0.4 is 5.32 Å². The van der Waals surface area contributed by atoms with E-state index in [9.17, 15) is 9.00 Å². The predicted octanol–water partition coefficient (Wildman–Crippen LogP) is 3.28. The van der Waals surface area contributed by atoms with E-state index in [-0.39, 0.29) is 5.91 Å². The molecule has 1 atom stereocenters. The van der Waals surface area contributed by atoms with Gasteiger partial charge >= 0.3 is 0 Å². The third-order valence-corrected chi connectivity index (χ3v) is 4.14. The van der Waals surface area contributed by atoms with Crippen LogP contribution in [0.2, 0.25) is 0 Å². The molecule has 1 amide bonds. The maximum Gasteiger partial charge on any atom is 0.255 e. The summed E-state index contributed by atoms with van der Waals surface area (Å²) in [6.07, 6.45) is 1.61. The molecule has 0 aliphatic heterocycles. The molecule has 2 aromatic rings. The Balaban J connectivity index is 2.14. The Morgan fingerprint density at radius 1 is 1.16 bits per heavy atom. The van der Waals surface area contributed by atoms with Gasteiger partial charge in [-0.15, -0.1) is 0 Å². The molecule has 0 fully saturated rings. The van der Waals surface area contributed by atoms with Gasteiger partial charge in [-0.3, -0.25) is 9.00 Å². The standard InChI is InChI=1S/C14H12INO2S/c1-19(18)13-7-5-10(6-8-13)14(17)16-12-4-2-3-11(15)9-12/h2-9H,1H3,(H,16,17). The van der Waals surface area contributed by atoms with E-state index in [2.05, 4.69) is 27.9 Å². The van der Waals surface area contributed by atoms with Gasteiger partial charge in [0.2, 0.25) is 0 Å². The smallest absolute Gasteiger partial charge is 0.255 e. The molecule has 0 spiro atoms. The lowest BCUT2D eigenvalue weighted by atomic mass is 10.2. The van der Waals surface area contributed by atoms with Gasteiger partial charge in [-0.05, 0) is 65.1 Å². The number of nitrogens with one attached hydrogen (secondary N) is 1. The Bertz CT molecular complexity index is 626. The molecule has 0 aliphatic rings. The Morgan fingerprint density at radius 3 is 2.42 bits per heavy atom. The van der Waals surface area contributed by atoms with Gasteiger partial charge in [-0.25, -0.2) is 0 Å². The summed E-state index contributed by atoms with van der Waals surface area (Å²) in [5.41, 5.74) is 1.31. The van der Waals surface area contributed by atoms with Gasteiger partial charge in [0.25, 0.3) is 5.91 Å². The molecule has 1 unspecified atom stereocenters. The molecule has 0 radical (unpaired) electrons. The zero-order chi connectivity index (χ0) is 13.8. The topological polar surface area (TPSA) is 46.2 Å². The van der Waals surface area contributed by atoms with Crippen molar-refractivity contribution in [2.75, 3.05) is 11.6 Å². The van der Waals surface area contributed by atoms with Crippen LogP contribution in [-0.2, 0) is 10.8 Å². The zero-order valence-electron chi connectivity index (χ0n) is 10.2. The number of anilines is 1. The average molecular weight is 385 g/mol. The molecule has 2 aromatic carbocycles. The highest BCUT2D eigenvalue weighted by molar-refractivity contribution is 14.1. The van der Waals surface area contributed by atoms with Crippen LogP contribution in [0.3, 0.4) is 0 Å². The van der Waals surface area contributed by atoms with Crippen molar-refractivity contribution >= 4 is 45.0 Å². The lowest BCUT2D eigenvalue weighted by Gasteiger charge is -2.06.